The van der Waals surface area contributed by atoms with Crippen molar-refractivity contribution in [1.29, 1.82) is 0 Å². The fourth-order valence-corrected chi connectivity index (χ4v) is 4.29. The van der Waals surface area contributed by atoms with Crippen molar-refractivity contribution in [2.45, 2.75) is 49.9 Å². The maximum Gasteiger partial charge on any atom is 0.303 e. The molecule has 2 aliphatic rings. The first-order valence-corrected chi connectivity index (χ1v) is 11.3. The van der Waals surface area contributed by atoms with Gasteiger partial charge in [0.15, 0.2) is 11.6 Å². The molecule has 10 heteroatoms. The SMILES string of the molecule is O=C(O)CCCn1nnc(/C=C2\CN(C(C(=O)C3CC3)c3ccccc3F)CCC2S)n1. The Bertz CT molecular complexity index is 1020. The van der Waals surface area contributed by atoms with Gasteiger partial charge in [-0.15, -0.1) is 10.2 Å². The lowest BCUT2D eigenvalue weighted by Crippen LogP contribution is -2.42. The summed E-state index contributed by atoms with van der Waals surface area (Å²) in [5, 5.41) is 21.0. The highest BCUT2D eigenvalue weighted by molar-refractivity contribution is 7.81. The van der Waals surface area contributed by atoms with Crippen LogP contribution in [-0.4, -0.2) is 60.3 Å². The predicted molar refractivity (Wildman–Crippen MR) is 118 cm³/mol. The van der Waals surface area contributed by atoms with Gasteiger partial charge in [-0.25, -0.2) is 4.39 Å². The second-order valence-corrected chi connectivity index (χ2v) is 8.96. The largest absolute Gasteiger partial charge is 0.481 e. The van der Waals surface area contributed by atoms with Gasteiger partial charge in [0.2, 0.25) is 0 Å². The first kappa shape index (κ1) is 22.6. The zero-order valence-electron chi connectivity index (χ0n) is 17.6. The van der Waals surface area contributed by atoms with E-state index in [2.05, 4.69) is 15.4 Å². The number of thiol groups is 1. The lowest BCUT2D eigenvalue weighted by Gasteiger charge is -2.37. The number of hydrogen-bond acceptors (Lipinski definition) is 7. The maximum atomic E-state index is 14.6. The highest BCUT2D eigenvalue weighted by Crippen LogP contribution is 2.39. The quantitative estimate of drug-likeness (QED) is 0.556. The van der Waals surface area contributed by atoms with Crippen LogP contribution in [0.5, 0.6) is 0 Å². The summed E-state index contributed by atoms with van der Waals surface area (Å²) in [6, 6.07) is 5.87. The van der Waals surface area contributed by atoms with Crippen LogP contribution in [0.25, 0.3) is 6.08 Å². The van der Waals surface area contributed by atoms with Crippen LogP contribution in [0.2, 0.25) is 0 Å². The Balaban J connectivity index is 1.52. The Kier molecular flexibility index (Phi) is 7.00. The van der Waals surface area contributed by atoms with Crippen LogP contribution in [0.1, 0.15) is 49.5 Å². The number of tetrazole rings is 1. The highest BCUT2D eigenvalue weighted by Gasteiger charge is 2.40. The number of Topliss-reactive ketones (excluding diaryl/α,β-unsaturated/α-hetero) is 1. The average Bonchev–Trinajstić information content (AvgIpc) is 3.52. The summed E-state index contributed by atoms with van der Waals surface area (Å²) < 4.78 is 14.6. The Morgan fingerprint density at radius 3 is 2.78 bits per heavy atom. The van der Waals surface area contributed by atoms with Crippen molar-refractivity contribution < 1.29 is 19.1 Å². The van der Waals surface area contributed by atoms with Crippen molar-refractivity contribution in [3.63, 3.8) is 0 Å². The molecule has 170 valence electrons. The minimum absolute atomic E-state index is 0.00753. The number of aryl methyl sites for hydroxylation is 1. The van der Waals surface area contributed by atoms with Gasteiger partial charge in [0.05, 0.1) is 12.6 Å². The van der Waals surface area contributed by atoms with Crippen molar-refractivity contribution in [2.75, 3.05) is 13.1 Å². The van der Waals surface area contributed by atoms with Crippen molar-refractivity contribution >= 4 is 30.5 Å². The predicted octanol–water partition coefficient (Wildman–Crippen LogP) is 2.78. The second kappa shape index (κ2) is 9.91. The van der Waals surface area contributed by atoms with Gasteiger partial charge in [0.1, 0.15) is 5.82 Å². The normalized spacial score (nSPS) is 21.6. The molecular formula is C22H26FN5O3S. The lowest BCUT2D eigenvalue weighted by molar-refractivity contribution is -0.137. The molecule has 1 N–H and O–H groups in total. The van der Waals surface area contributed by atoms with Crippen LogP contribution in [0.4, 0.5) is 4.39 Å². The van der Waals surface area contributed by atoms with Gasteiger partial charge in [-0.1, -0.05) is 18.2 Å². The number of likely N-dealkylation sites (tertiary alicyclic amines) is 1. The fourth-order valence-electron chi connectivity index (χ4n) is 4.02. The second-order valence-electron chi connectivity index (χ2n) is 8.34. The minimum Gasteiger partial charge on any atom is -0.481 e. The van der Waals surface area contributed by atoms with E-state index >= 15 is 0 Å². The summed E-state index contributed by atoms with van der Waals surface area (Å²) in [6.45, 7) is 1.46. The Morgan fingerprint density at radius 1 is 1.28 bits per heavy atom. The van der Waals surface area contributed by atoms with E-state index in [1.165, 1.54) is 10.9 Å². The number of benzene rings is 1. The number of aromatic nitrogens is 4. The molecule has 0 amide bonds. The zero-order chi connectivity index (χ0) is 22.7. The molecule has 0 spiro atoms. The van der Waals surface area contributed by atoms with Crippen molar-refractivity contribution in [3.8, 4) is 0 Å². The van der Waals surface area contributed by atoms with E-state index in [9.17, 15) is 14.0 Å². The molecule has 1 aromatic heterocycles. The molecule has 8 nitrogen and oxygen atoms in total. The van der Waals surface area contributed by atoms with Crippen molar-refractivity contribution in [3.05, 3.63) is 47.0 Å². The minimum atomic E-state index is -0.863. The zero-order valence-corrected chi connectivity index (χ0v) is 18.5. The van der Waals surface area contributed by atoms with E-state index in [0.717, 1.165) is 18.4 Å². The Hall–Kier alpha value is -2.59. The van der Waals surface area contributed by atoms with Gasteiger partial charge in [-0.3, -0.25) is 14.5 Å². The van der Waals surface area contributed by atoms with E-state index < -0.39 is 12.0 Å². The third-order valence-corrected chi connectivity index (χ3v) is 6.44. The number of rotatable bonds is 9. The van der Waals surface area contributed by atoms with E-state index in [-0.39, 0.29) is 29.2 Å². The number of ketones is 1. The lowest BCUT2D eigenvalue weighted by atomic mass is 9.93. The molecule has 32 heavy (non-hydrogen) atoms. The monoisotopic (exact) mass is 459 g/mol. The van der Waals surface area contributed by atoms with Crippen molar-refractivity contribution in [2.24, 2.45) is 5.92 Å². The molecule has 2 fully saturated rings. The maximum absolute atomic E-state index is 14.6. The molecule has 1 saturated heterocycles. The molecule has 0 radical (unpaired) electrons. The molecular weight excluding hydrogens is 433 g/mol. The smallest absolute Gasteiger partial charge is 0.303 e. The van der Waals surface area contributed by atoms with Crippen LogP contribution in [-0.2, 0) is 16.1 Å². The van der Waals surface area contributed by atoms with Crippen LogP contribution in [0.15, 0.2) is 29.8 Å². The number of carbonyl (C=O) groups is 2. The van der Waals surface area contributed by atoms with E-state index in [1.54, 1.807) is 18.2 Å². The van der Waals surface area contributed by atoms with Gasteiger partial charge in [-0.2, -0.15) is 17.4 Å². The molecule has 2 unspecified atom stereocenters. The van der Waals surface area contributed by atoms with E-state index in [0.29, 0.717) is 43.9 Å². The van der Waals surface area contributed by atoms with Gasteiger partial charge >= 0.3 is 5.97 Å². The van der Waals surface area contributed by atoms with E-state index in [4.69, 9.17) is 17.7 Å². The molecule has 2 aromatic rings. The summed E-state index contributed by atoms with van der Waals surface area (Å²) in [6.07, 6.45) is 4.71. The molecule has 1 aliphatic carbocycles. The molecule has 1 saturated carbocycles. The molecule has 2 atom stereocenters. The molecule has 2 heterocycles. The number of carbonyl (C=O) groups excluding carboxylic acids is 1. The summed E-state index contributed by atoms with van der Waals surface area (Å²) in [5.41, 5.74) is 1.36. The number of aliphatic carboxylic acids is 1. The van der Waals surface area contributed by atoms with Crippen LogP contribution >= 0.6 is 12.6 Å². The van der Waals surface area contributed by atoms with Crippen LogP contribution < -0.4 is 0 Å². The van der Waals surface area contributed by atoms with Gasteiger partial charge in [-0.05, 0) is 48.6 Å². The summed E-state index contributed by atoms with van der Waals surface area (Å²) in [5.74, 6) is -0.733. The molecule has 1 aliphatic heterocycles. The molecule has 1 aromatic carbocycles. The molecule has 4 rings (SSSR count). The Morgan fingerprint density at radius 2 is 2.06 bits per heavy atom. The van der Waals surface area contributed by atoms with Crippen molar-refractivity contribution in [1.82, 2.24) is 25.1 Å². The Labute approximate surface area is 190 Å². The van der Waals surface area contributed by atoms with Crippen LogP contribution in [0.3, 0.4) is 0 Å². The van der Waals surface area contributed by atoms with Gasteiger partial charge in [0, 0.05) is 36.2 Å². The summed E-state index contributed by atoms with van der Waals surface area (Å²) >= 11 is 4.69. The number of halogens is 1. The number of hydrogen-bond donors (Lipinski definition) is 2. The third-order valence-electron chi connectivity index (χ3n) is 5.85. The first-order valence-electron chi connectivity index (χ1n) is 10.8. The average molecular weight is 460 g/mol. The highest BCUT2D eigenvalue weighted by atomic mass is 32.1. The topological polar surface area (TPSA) is 101 Å². The number of carboxylic acid groups (broad SMARTS) is 1. The van der Waals surface area contributed by atoms with E-state index in [1.807, 2.05) is 11.0 Å². The fraction of sp³-hybridized carbons (Fsp3) is 0.500. The summed E-state index contributed by atoms with van der Waals surface area (Å²) in [4.78, 5) is 27.2. The summed E-state index contributed by atoms with van der Waals surface area (Å²) in [7, 11) is 0. The number of carboxylic acids is 1. The number of nitrogens with zero attached hydrogens (tertiary/aromatic N) is 5. The van der Waals surface area contributed by atoms with Gasteiger partial charge < -0.3 is 5.11 Å². The number of piperidine rings is 1. The van der Waals surface area contributed by atoms with Crippen LogP contribution in [0, 0.1) is 11.7 Å². The molecule has 0 bridgehead atoms. The standard InChI is InChI=1S/C22H26FN5O3S/c23-17-5-2-1-4-16(17)21(22(31)14-7-8-14)27-11-9-18(32)15(13-27)12-19-24-26-28(25-19)10-3-6-20(29)30/h1-2,4-5,12,14,18,21,32H,3,6-11,13H2,(H,29,30)/b15-12+. The first-order chi connectivity index (χ1) is 15.4. The van der Waals surface area contributed by atoms with Gasteiger partial charge in [0.25, 0.3) is 0 Å². The third kappa shape index (κ3) is 5.42.